The fraction of sp³-hybridized carbons (Fsp3) is 0.455. The van der Waals surface area contributed by atoms with Crippen molar-refractivity contribution >= 4 is 15.9 Å². The van der Waals surface area contributed by atoms with Crippen molar-refractivity contribution in [2.24, 2.45) is 0 Å². The molecule has 0 bridgehead atoms. The number of hydrogen-bond donors (Lipinski definition) is 2. The van der Waals surface area contributed by atoms with Crippen LogP contribution in [0.3, 0.4) is 0 Å². The molecule has 0 saturated carbocycles. The highest BCUT2D eigenvalue weighted by molar-refractivity contribution is 7.87. The maximum atomic E-state index is 11.8. The van der Waals surface area contributed by atoms with Gasteiger partial charge in [-0.15, -0.1) is 0 Å². The van der Waals surface area contributed by atoms with E-state index >= 15 is 0 Å². The minimum atomic E-state index is -3.48. The maximum absolute atomic E-state index is 11.8. The van der Waals surface area contributed by atoms with E-state index in [0.717, 1.165) is 5.56 Å². The van der Waals surface area contributed by atoms with Gasteiger partial charge in [-0.1, -0.05) is 12.1 Å². The van der Waals surface area contributed by atoms with Gasteiger partial charge in [0.25, 0.3) is 10.2 Å². The topological polar surface area (TPSA) is 84.7 Å². The summed E-state index contributed by atoms with van der Waals surface area (Å²) in [6.07, 6.45) is 0. The number of nitrogens with one attached hydrogen (secondary N) is 1. The van der Waals surface area contributed by atoms with Gasteiger partial charge in [0.1, 0.15) is 0 Å². The molecule has 6 nitrogen and oxygen atoms in total. The molecule has 0 saturated heterocycles. The molecule has 0 atom stereocenters. The van der Waals surface area contributed by atoms with E-state index in [4.69, 9.17) is 10.5 Å². The normalized spacial score (nSPS) is 11.9. The lowest BCUT2D eigenvalue weighted by molar-refractivity contribution is 0.204. The zero-order valence-electron chi connectivity index (χ0n) is 10.6. The Morgan fingerprint density at radius 2 is 2.17 bits per heavy atom. The van der Waals surface area contributed by atoms with Crippen molar-refractivity contribution in [2.45, 2.75) is 6.54 Å². The third kappa shape index (κ3) is 4.61. The van der Waals surface area contributed by atoms with Crippen LogP contribution in [0.15, 0.2) is 24.3 Å². The van der Waals surface area contributed by atoms with E-state index in [1.165, 1.54) is 18.5 Å². The lowest BCUT2D eigenvalue weighted by atomic mass is 10.2. The van der Waals surface area contributed by atoms with Crippen LogP contribution in [0.25, 0.3) is 0 Å². The summed E-state index contributed by atoms with van der Waals surface area (Å²) >= 11 is 0. The second-order valence-electron chi connectivity index (χ2n) is 3.89. The number of rotatable bonds is 7. The molecule has 0 unspecified atom stereocenters. The molecule has 7 heteroatoms. The number of ether oxygens (including phenoxy) is 1. The molecule has 18 heavy (non-hydrogen) atoms. The first-order valence-corrected chi connectivity index (χ1v) is 6.94. The third-order valence-corrected chi connectivity index (χ3v) is 3.88. The Hall–Kier alpha value is -1.15. The van der Waals surface area contributed by atoms with Gasteiger partial charge in [0.05, 0.1) is 6.61 Å². The van der Waals surface area contributed by atoms with Gasteiger partial charge in [0.15, 0.2) is 0 Å². The SMILES string of the molecule is COCCNS(=O)(=O)N(C)Cc1cccc(N)c1. The van der Waals surface area contributed by atoms with Crippen molar-refractivity contribution in [3.63, 3.8) is 0 Å². The van der Waals surface area contributed by atoms with Gasteiger partial charge in [-0.25, -0.2) is 0 Å². The van der Waals surface area contributed by atoms with E-state index in [9.17, 15) is 8.42 Å². The van der Waals surface area contributed by atoms with Gasteiger partial charge in [-0.05, 0) is 17.7 Å². The van der Waals surface area contributed by atoms with Gasteiger partial charge in [0, 0.05) is 32.9 Å². The monoisotopic (exact) mass is 273 g/mol. The van der Waals surface area contributed by atoms with Crippen molar-refractivity contribution in [1.82, 2.24) is 9.03 Å². The minimum absolute atomic E-state index is 0.250. The Bertz CT molecular complexity index is 476. The van der Waals surface area contributed by atoms with Crippen molar-refractivity contribution < 1.29 is 13.2 Å². The summed E-state index contributed by atoms with van der Waals surface area (Å²) in [7, 11) is -0.450. The largest absolute Gasteiger partial charge is 0.399 e. The van der Waals surface area contributed by atoms with Crippen molar-refractivity contribution in [3.05, 3.63) is 29.8 Å². The number of nitrogens with two attached hydrogens (primary N) is 1. The number of nitrogen functional groups attached to an aromatic ring is 1. The molecule has 0 aliphatic carbocycles. The summed E-state index contributed by atoms with van der Waals surface area (Å²) in [4.78, 5) is 0. The molecule has 0 fully saturated rings. The van der Waals surface area contributed by atoms with Gasteiger partial charge < -0.3 is 10.5 Å². The van der Waals surface area contributed by atoms with Crippen molar-refractivity contribution in [2.75, 3.05) is 33.0 Å². The van der Waals surface area contributed by atoms with Crippen LogP contribution in [0.4, 0.5) is 5.69 Å². The van der Waals surface area contributed by atoms with Crippen LogP contribution in [-0.4, -0.2) is 40.0 Å². The van der Waals surface area contributed by atoms with Crippen LogP contribution < -0.4 is 10.5 Å². The molecule has 1 rings (SSSR count). The molecule has 3 N–H and O–H groups in total. The van der Waals surface area contributed by atoms with Gasteiger partial charge >= 0.3 is 0 Å². The van der Waals surface area contributed by atoms with Gasteiger partial charge in [-0.2, -0.15) is 17.4 Å². The van der Waals surface area contributed by atoms with Crippen LogP contribution >= 0.6 is 0 Å². The predicted octanol–water partition coefficient (Wildman–Crippen LogP) is 0.181. The van der Waals surface area contributed by atoms with E-state index in [0.29, 0.717) is 12.3 Å². The summed E-state index contributed by atoms with van der Waals surface area (Å²) in [6.45, 7) is 0.860. The molecular formula is C11H19N3O3S. The second kappa shape index (κ2) is 6.69. The first-order valence-electron chi connectivity index (χ1n) is 5.50. The number of nitrogens with zero attached hydrogens (tertiary/aromatic N) is 1. The Kier molecular flexibility index (Phi) is 5.54. The van der Waals surface area contributed by atoms with Gasteiger partial charge in [-0.3, -0.25) is 0 Å². The zero-order valence-corrected chi connectivity index (χ0v) is 11.4. The second-order valence-corrected chi connectivity index (χ2v) is 5.76. The highest BCUT2D eigenvalue weighted by Gasteiger charge is 2.16. The minimum Gasteiger partial charge on any atom is -0.399 e. The fourth-order valence-corrected chi connectivity index (χ4v) is 2.30. The standard InChI is InChI=1S/C11H19N3O3S/c1-14(18(15,16)13-6-7-17-2)9-10-4-3-5-11(12)8-10/h3-5,8,13H,6-7,9,12H2,1-2H3. The molecule has 0 aromatic heterocycles. The number of anilines is 1. The van der Waals surface area contributed by atoms with Crippen LogP contribution in [0.5, 0.6) is 0 Å². The van der Waals surface area contributed by atoms with Crippen LogP contribution in [0.2, 0.25) is 0 Å². The Balaban J connectivity index is 2.61. The number of hydrogen-bond acceptors (Lipinski definition) is 4. The number of benzene rings is 1. The molecule has 0 radical (unpaired) electrons. The molecule has 102 valence electrons. The summed E-state index contributed by atoms with van der Waals surface area (Å²) in [5, 5.41) is 0. The van der Waals surface area contributed by atoms with E-state index in [2.05, 4.69) is 4.72 Å². The molecule has 0 spiro atoms. The summed E-state index contributed by atoms with van der Waals surface area (Å²) < 4.78 is 32.1. The number of methoxy groups -OCH3 is 1. The lowest BCUT2D eigenvalue weighted by Crippen LogP contribution is -2.39. The Morgan fingerprint density at radius 1 is 1.44 bits per heavy atom. The van der Waals surface area contributed by atoms with Crippen LogP contribution in [0.1, 0.15) is 5.56 Å². The maximum Gasteiger partial charge on any atom is 0.279 e. The van der Waals surface area contributed by atoms with Crippen molar-refractivity contribution in [3.8, 4) is 0 Å². The fourth-order valence-electron chi connectivity index (χ4n) is 1.42. The molecule has 0 aliphatic heterocycles. The smallest absolute Gasteiger partial charge is 0.279 e. The average molecular weight is 273 g/mol. The first-order chi connectivity index (χ1) is 8.45. The highest BCUT2D eigenvalue weighted by atomic mass is 32.2. The lowest BCUT2D eigenvalue weighted by Gasteiger charge is -2.17. The molecular weight excluding hydrogens is 254 g/mol. The Labute approximate surface area is 108 Å². The van der Waals surface area contributed by atoms with E-state index in [-0.39, 0.29) is 13.1 Å². The highest BCUT2D eigenvalue weighted by Crippen LogP contribution is 2.10. The Morgan fingerprint density at radius 3 is 2.78 bits per heavy atom. The quantitative estimate of drug-likeness (QED) is 0.548. The molecule has 1 aromatic carbocycles. The summed E-state index contributed by atoms with van der Waals surface area (Å²) in [5.41, 5.74) is 7.10. The molecule has 1 aromatic rings. The van der Waals surface area contributed by atoms with E-state index < -0.39 is 10.2 Å². The van der Waals surface area contributed by atoms with Gasteiger partial charge in [0.2, 0.25) is 0 Å². The molecule has 0 heterocycles. The average Bonchev–Trinajstić information content (AvgIpc) is 2.29. The first kappa shape index (κ1) is 14.9. The van der Waals surface area contributed by atoms with Crippen LogP contribution in [-0.2, 0) is 21.5 Å². The third-order valence-electron chi connectivity index (χ3n) is 2.36. The molecule has 0 amide bonds. The summed E-state index contributed by atoms with van der Waals surface area (Å²) in [6, 6.07) is 7.14. The van der Waals surface area contributed by atoms with E-state index in [1.54, 1.807) is 18.2 Å². The zero-order chi connectivity index (χ0) is 13.6. The predicted molar refractivity (Wildman–Crippen MR) is 71.1 cm³/mol. The van der Waals surface area contributed by atoms with E-state index in [1.807, 2.05) is 6.07 Å². The van der Waals surface area contributed by atoms with Crippen molar-refractivity contribution in [1.29, 1.82) is 0 Å². The van der Waals surface area contributed by atoms with Crippen LogP contribution in [0, 0.1) is 0 Å². The molecule has 0 aliphatic rings. The summed E-state index contributed by atoms with van der Waals surface area (Å²) in [5.74, 6) is 0.